The molecule has 1 aliphatic carbocycles. The number of halogens is 5. The fraction of sp³-hybridized carbons (Fsp3) is 0.875. The number of carbonyl (C=O) groups excluding carboxylic acids is 1. The highest BCUT2D eigenvalue weighted by Crippen LogP contribution is 2.38. The van der Waals surface area contributed by atoms with Crippen molar-refractivity contribution in [3.63, 3.8) is 0 Å². The van der Waals surface area contributed by atoms with Gasteiger partial charge in [0.2, 0.25) is 0 Å². The van der Waals surface area contributed by atoms with Crippen LogP contribution in [0.25, 0.3) is 0 Å². The van der Waals surface area contributed by atoms with Gasteiger partial charge < -0.3 is 10.4 Å². The molecule has 94 valence electrons. The van der Waals surface area contributed by atoms with Crippen molar-refractivity contribution in [3.05, 3.63) is 0 Å². The Hall–Kier alpha value is -0.920. The molecule has 2 N–H and O–H groups in total. The van der Waals surface area contributed by atoms with Crippen LogP contribution in [0.1, 0.15) is 19.3 Å². The van der Waals surface area contributed by atoms with E-state index in [0.717, 1.165) is 0 Å². The lowest BCUT2D eigenvalue weighted by molar-refractivity contribution is -0.270. The van der Waals surface area contributed by atoms with E-state index in [0.29, 0.717) is 6.42 Å². The molecule has 1 saturated carbocycles. The van der Waals surface area contributed by atoms with E-state index in [-0.39, 0.29) is 12.8 Å². The first-order chi connectivity index (χ1) is 7.15. The summed E-state index contributed by atoms with van der Waals surface area (Å²) in [6.07, 6.45) is -4.96. The molecule has 16 heavy (non-hydrogen) atoms. The van der Waals surface area contributed by atoms with Crippen molar-refractivity contribution >= 4 is 5.91 Å². The molecule has 0 spiro atoms. The number of hydrogen-bond donors (Lipinski definition) is 2. The zero-order valence-electron chi connectivity index (χ0n) is 8.07. The number of aliphatic hydroxyl groups excluding tert-OH is 1. The largest absolute Gasteiger partial charge is 0.463 e. The number of aliphatic hydroxyl groups is 1. The second-order valence-corrected chi connectivity index (χ2v) is 3.82. The van der Waals surface area contributed by atoms with E-state index >= 15 is 0 Å². The minimum atomic E-state index is -5.92. The molecular formula is C8H10F5NO2. The van der Waals surface area contributed by atoms with Crippen molar-refractivity contribution in [2.75, 3.05) is 6.61 Å². The van der Waals surface area contributed by atoms with Gasteiger partial charge in [0, 0.05) is 0 Å². The van der Waals surface area contributed by atoms with E-state index in [9.17, 15) is 26.7 Å². The summed E-state index contributed by atoms with van der Waals surface area (Å²) < 4.78 is 60.5. The number of alkyl halides is 5. The molecule has 0 aromatic rings. The van der Waals surface area contributed by atoms with Gasteiger partial charge in [-0.15, -0.1) is 0 Å². The second kappa shape index (κ2) is 3.83. The van der Waals surface area contributed by atoms with Crippen molar-refractivity contribution in [2.24, 2.45) is 0 Å². The lowest BCUT2D eigenvalue weighted by Crippen LogP contribution is -2.62. The Morgan fingerprint density at radius 1 is 1.25 bits per heavy atom. The summed E-state index contributed by atoms with van der Waals surface area (Å²) in [5, 5.41) is 10.4. The summed E-state index contributed by atoms with van der Waals surface area (Å²) in [6.45, 7) is -0.646. The van der Waals surface area contributed by atoms with Crippen molar-refractivity contribution in [2.45, 2.75) is 36.9 Å². The standard InChI is InChI=1S/C8H10F5NO2/c9-7(10,8(11,12)13)5(16)14-6(4-15)2-1-3-6/h15H,1-4H2,(H,14,16). The van der Waals surface area contributed by atoms with E-state index in [1.807, 2.05) is 0 Å². The highest BCUT2D eigenvalue weighted by atomic mass is 19.4. The molecule has 8 heteroatoms. The molecule has 0 aromatic heterocycles. The Morgan fingerprint density at radius 3 is 2.00 bits per heavy atom. The second-order valence-electron chi connectivity index (χ2n) is 3.82. The van der Waals surface area contributed by atoms with Crippen LogP contribution >= 0.6 is 0 Å². The highest BCUT2D eigenvalue weighted by molar-refractivity contribution is 5.85. The maximum absolute atomic E-state index is 12.5. The van der Waals surface area contributed by atoms with Gasteiger partial charge in [0.05, 0.1) is 12.1 Å². The predicted molar refractivity (Wildman–Crippen MR) is 42.8 cm³/mol. The maximum atomic E-state index is 12.5. The van der Waals surface area contributed by atoms with Crippen LogP contribution in [0.2, 0.25) is 0 Å². The third-order valence-corrected chi connectivity index (χ3v) is 2.63. The summed E-state index contributed by atoms with van der Waals surface area (Å²) in [6, 6.07) is 0. The Balaban J connectivity index is 2.72. The van der Waals surface area contributed by atoms with Crippen molar-refractivity contribution in [1.29, 1.82) is 0 Å². The molecular weight excluding hydrogens is 237 g/mol. The van der Waals surface area contributed by atoms with Gasteiger partial charge in [0.15, 0.2) is 0 Å². The van der Waals surface area contributed by atoms with Crippen LogP contribution in [0.5, 0.6) is 0 Å². The number of rotatable bonds is 3. The van der Waals surface area contributed by atoms with E-state index in [2.05, 4.69) is 0 Å². The summed E-state index contributed by atoms with van der Waals surface area (Å²) in [5.41, 5.74) is -1.31. The van der Waals surface area contributed by atoms with Gasteiger partial charge in [-0.2, -0.15) is 22.0 Å². The molecule has 0 aromatic carbocycles. The van der Waals surface area contributed by atoms with Crippen LogP contribution in [0.3, 0.4) is 0 Å². The topological polar surface area (TPSA) is 49.3 Å². The third kappa shape index (κ3) is 2.11. The molecule has 1 rings (SSSR count). The fourth-order valence-corrected chi connectivity index (χ4v) is 1.37. The van der Waals surface area contributed by atoms with Crippen LogP contribution < -0.4 is 5.32 Å². The average Bonchev–Trinajstić information content (AvgIpc) is 2.08. The lowest BCUT2D eigenvalue weighted by atomic mass is 9.77. The Morgan fingerprint density at radius 2 is 1.75 bits per heavy atom. The SMILES string of the molecule is O=C(NC1(CO)CCC1)C(F)(F)C(F)(F)F. The Labute approximate surface area is 87.6 Å². The lowest BCUT2D eigenvalue weighted by Gasteiger charge is -2.41. The monoisotopic (exact) mass is 247 g/mol. The molecule has 0 aliphatic heterocycles. The summed E-state index contributed by atoms with van der Waals surface area (Å²) in [5.74, 6) is -7.83. The quantitative estimate of drug-likeness (QED) is 0.736. The minimum absolute atomic E-state index is 0.198. The van der Waals surface area contributed by atoms with E-state index < -0.39 is 30.2 Å². The van der Waals surface area contributed by atoms with Crippen LogP contribution in [0, 0.1) is 0 Å². The van der Waals surface area contributed by atoms with Crippen molar-refractivity contribution in [1.82, 2.24) is 5.32 Å². The van der Waals surface area contributed by atoms with Gasteiger partial charge in [-0.1, -0.05) is 0 Å². The molecule has 0 bridgehead atoms. The minimum Gasteiger partial charge on any atom is -0.394 e. The molecule has 1 fully saturated rings. The fourth-order valence-electron chi connectivity index (χ4n) is 1.37. The first-order valence-electron chi connectivity index (χ1n) is 4.53. The normalized spacial score (nSPS) is 20.1. The Bertz CT molecular complexity index is 279. The van der Waals surface area contributed by atoms with Crippen LogP contribution in [-0.2, 0) is 4.79 Å². The van der Waals surface area contributed by atoms with Gasteiger partial charge in [-0.3, -0.25) is 4.79 Å². The highest BCUT2D eigenvalue weighted by Gasteiger charge is 2.64. The van der Waals surface area contributed by atoms with Crippen molar-refractivity contribution < 1.29 is 31.9 Å². The maximum Gasteiger partial charge on any atom is 0.463 e. The third-order valence-electron chi connectivity index (χ3n) is 2.63. The number of carbonyl (C=O) groups is 1. The zero-order valence-corrected chi connectivity index (χ0v) is 8.07. The van der Waals surface area contributed by atoms with Crippen molar-refractivity contribution in [3.8, 4) is 0 Å². The van der Waals surface area contributed by atoms with Gasteiger partial charge in [0.1, 0.15) is 0 Å². The smallest absolute Gasteiger partial charge is 0.394 e. The average molecular weight is 247 g/mol. The number of hydrogen-bond acceptors (Lipinski definition) is 2. The van der Waals surface area contributed by atoms with E-state index in [1.165, 1.54) is 0 Å². The van der Waals surface area contributed by atoms with E-state index in [1.54, 1.807) is 5.32 Å². The van der Waals surface area contributed by atoms with Crippen LogP contribution in [0.4, 0.5) is 22.0 Å². The summed E-state index contributed by atoms with van der Waals surface area (Å²) in [4.78, 5) is 10.8. The molecule has 3 nitrogen and oxygen atoms in total. The van der Waals surface area contributed by atoms with Crippen LogP contribution in [0.15, 0.2) is 0 Å². The summed E-state index contributed by atoms with van der Waals surface area (Å²) in [7, 11) is 0. The summed E-state index contributed by atoms with van der Waals surface area (Å²) >= 11 is 0. The van der Waals surface area contributed by atoms with Gasteiger partial charge >= 0.3 is 18.0 Å². The predicted octanol–water partition coefficient (Wildman–Crippen LogP) is 1.22. The number of nitrogens with one attached hydrogen (secondary N) is 1. The van der Waals surface area contributed by atoms with Gasteiger partial charge in [-0.05, 0) is 19.3 Å². The zero-order chi connectivity index (χ0) is 12.6. The molecule has 0 saturated heterocycles. The first-order valence-corrected chi connectivity index (χ1v) is 4.53. The first kappa shape index (κ1) is 13.1. The molecule has 0 radical (unpaired) electrons. The number of amides is 1. The molecule has 0 heterocycles. The molecule has 0 unspecified atom stereocenters. The van der Waals surface area contributed by atoms with E-state index in [4.69, 9.17) is 5.11 Å². The molecule has 1 aliphatic rings. The van der Waals surface area contributed by atoms with Crippen LogP contribution in [-0.4, -0.2) is 35.3 Å². The molecule has 0 atom stereocenters. The molecule has 1 amide bonds. The van der Waals surface area contributed by atoms with Gasteiger partial charge in [0.25, 0.3) is 0 Å². The Kier molecular flexibility index (Phi) is 3.15. The van der Waals surface area contributed by atoms with Gasteiger partial charge in [-0.25, -0.2) is 0 Å².